The Labute approximate surface area is 103 Å². The molecule has 0 aliphatic rings. The van der Waals surface area contributed by atoms with Crippen molar-refractivity contribution in [2.45, 2.75) is 19.6 Å². The molecule has 5 heteroatoms. The molecule has 0 unspecified atom stereocenters. The molecule has 0 fully saturated rings. The van der Waals surface area contributed by atoms with Crippen molar-refractivity contribution in [1.29, 1.82) is 0 Å². The number of rotatable bonds is 4. The van der Waals surface area contributed by atoms with Gasteiger partial charge in [0.25, 0.3) is 0 Å². The normalized spacial score (nSPS) is 12.2. The fourth-order valence-corrected chi connectivity index (χ4v) is 1.69. The van der Waals surface area contributed by atoms with Gasteiger partial charge in [0.15, 0.2) is 0 Å². The first-order valence-corrected chi connectivity index (χ1v) is 5.68. The van der Waals surface area contributed by atoms with E-state index in [1.807, 2.05) is 18.2 Å². The molecular weight excluding hydrogens is 272 g/mol. The average Bonchev–Trinajstić information content (AvgIpc) is 2.23. The lowest BCUT2D eigenvalue weighted by molar-refractivity contribution is -0.117. The van der Waals surface area contributed by atoms with Gasteiger partial charge in [-0.25, -0.2) is 0 Å². The summed E-state index contributed by atoms with van der Waals surface area (Å²) in [5.41, 5.74) is 7.11. The van der Waals surface area contributed by atoms with Crippen LogP contribution in [0.5, 0.6) is 0 Å². The molecule has 1 aromatic carbocycles. The number of halogens is 1. The predicted octanol–water partition coefficient (Wildman–Crippen LogP) is 1.88. The summed E-state index contributed by atoms with van der Waals surface area (Å²) in [5.74, 6) is -0.213. The third-order valence-corrected chi connectivity index (χ3v) is 2.82. The van der Waals surface area contributed by atoms with E-state index in [-0.39, 0.29) is 5.91 Å². The third kappa shape index (κ3) is 3.30. The van der Waals surface area contributed by atoms with E-state index in [1.54, 1.807) is 14.0 Å². The molecule has 1 rings (SSSR count). The number of benzene rings is 1. The van der Waals surface area contributed by atoms with Crippen molar-refractivity contribution in [1.82, 2.24) is 0 Å². The number of hydrogen-bond donors (Lipinski definition) is 2. The number of amides is 1. The number of anilines is 1. The van der Waals surface area contributed by atoms with E-state index in [9.17, 15) is 4.79 Å². The monoisotopic (exact) mass is 286 g/mol. The van der Waals surface area contributed by atoms with Crippen LogP contribution >= 0.6 is 15.9 Å². The van der Waals surface area contributed by atoms with Gasteiger partial charge in [0.2, 0.25) is 5.91 Å². The van der Waals surface area contributed by atoms with Crippen molar-refractivity contribution >= 4 is 27.5 Å². The molecule has 88 valence electrons. The summed E-state index contributed by atoms with van der Waals surface area (Å²) < 4.78 is 5.98. The van der Waals surface area contributed by atoms with Crippen LogP contribution in [-0.4, -0.2) is 19.1 Å². The number of hydrogen-bond acceptors (Lipinski definition) is 3. The molecule has 0 saturated heterocycles. The first kappa shape index (κ1) is 13.2. The van der Waals surface area contributed by atoms with Gasteiger partial charge in [-0.2, -0.15) is 0 Å². The molecule has 3 N–H and O–H groups in total. The molecule has 4 nitrogen and oxygen atoms in total. The number of carbonyl (C=O) groups excluding carboxylic acids is 1. The second kappa shape index (κ2) is 5.98. The van der Waals surface area contributed by atoms with Crippen LogP contribution in [0, 0.1) is 0 Å². The number of methoxy groups -OCH3 is 1. The number of nitrogens with one attached hydrogen (secondary N) is 1. The summed E-state index contributed by atoms with van der Waals surface area (Å²) in [6, 6.07) is 5.03. The summed E-state index contributed by atoms with van der Waals surface area (Å²) in [6.07, 6.45) is 0. The van der Waals surface area contributed by atoms with Gasteiger partial charge < -0.3 is 15.8 Å². The Morgan fingerprint density at radius 2 is 2.31 bits per heavy atom. The maximum atomic E-state index is 11.5. The van der Waals surface area contributed by atoms with Crippen LogP contribution in [0.15, 0.2) is 22.7 Å². The molecule has 16 heavy (non-hydrogen) atoms. The van der Waals surface area contributed by atoms with Crippen molar-refractivity contribution in [2.75, 3.05) is 12.4 Å². The van der Waals surface area contributed by atoms with E-state index in [0.717, 1.165) is 15.7 Å². The Kier molecular flexibility index (Phi) is 4.92. The lowest BCUT2D eigenvalue weighted by Gasteiger charge is -2.13. The molecule has 0 bridgehead atoms. The van der Waals surface area contributed by atoms with Crippen LogP contribution in [0.3, 0.4) is 0 Å². The smallest absolute Gasteiger partial charge is 0.241 e. The van der Waals surface area contributed by atoms with E-state index < -0.39 is 6.04 Å². The second-order valence-electron chi connectivity index (χ2n) is 3.48. The van der Waals surface area contributed by atoms with Gasteiger partial charge in [0.1, 0.15) is 0 Å². The maximum Gasteiger partial charge on any atom is 0.241 e. The molecule has 1 atom stereocenters. The van der Waals surface area contributed by atoms with Crippen molar-refractivity contribution in [3.05, 3.63) is 28.2 Å². The first-order valence-electron chi connectivity index (χ1n) is 4.89. The number of carbonyl (C=O) groups is 1. The summed E-state index contributed by atoms with van der Waals surface area (Å²) in [6.45, 7) is 2.07. The zero-order valence-electron chi connectivity index (χ0n) is 9.29. The SMILES string of the molecule is COCc1c(Br)cccc1NC(=O)[C@@H](C)N. The minimum absolute atomic E-state index is 0.213. The Hall–Kier alpha value is -0.910. The van der Waals surface area contributed by atoms with E-state index >= 15 is 0 Å². The van der Waals surface area contributed by atoms with Gasteiger partial charge in [0, 0.05) is 22.8 Å². The highest BCUT2D eigenvalue weighted by Gasteiger charge is 2.12. The quantitative estimate of drug-likeness (QED) is 0.888. The van der Waals surface area contributed by atoms with E-state index in [1.165, 1.54) is 0 Å². The fourth-order valence-electron chi connectivity index (χ4n) is 1.21. The molecule has 0 heterocycles. The second-order valence-corrected chi connectivity index (χ2v) is 4.33. The largest absolute Gasteiger partial charge is 0.380 e. The fraction of sp³-hybridized carbons (Fsp3) is 0.364. The highest BCUT2D eigenvalue weighted by atomic mass is 79.9. The standard InChI is InChI=1S/C11H15BrN2O2/c1-7(13)11(15)14-10-5-3-4-9(12)8(10)6-16-2/h3-5,7H,6,13H2,1-2H3,(H,14,15)/t7-/m1/s1. The molecule has 0 radical (unpaired) electrons. The minimum Gasteiger partial charge on any atom is -0.380 e. The van der Waals surface area contributed by atoms with Crippen LogP contribution in [-0.2, 0) is 16.1 Å². The highest BCUT2D eigenvalue weighted by Crippen LogP contribution is 2.25. The van der Waals surface area contributed by atoms with Gasteiger partial charge in [0.05, 0.1) is 12.6 Å². The van der Waals surface area contributed by atoms with Crippen LogP contribution in [0.1, 0.15) is 12.5 Å². The molecule has 0 aliphatic heterocycles. The van der Waals surface area contributed by atoms with Gasteiger partial charge in [-0.3, -0.25) is 4.79 Å². The average molecular weight is 287 g/mol. The van der Waals surface area contributed by atoms with Crippen LogP contribution in [0.25, 0.3) is 0 Å². The molecular formula is C11H15BrN2O2. The van der Waals surface area contributed by atoms with Gasteiger partial charge in [-0.1, -0.05) is 22.0 Å². The molecule has 1 aromatic rings. The van der Waals surface area contributed by atoms with Crippen molar-refractivity contribution < 1.29 is 9.53 Å². The molecule has 1 amide bonds. The Morgan fingerprint density at radius 1 is 1.62 bits per heavy atom. The van der Waals surface area contributed by atoms with Crippen molar-refractivity contribution in [3.63, 3.8) is 0 Å². The Morgan fingerprint density at radius 3 is 2.88 bits per heavy atom. The third-order valence-electron chi connectivity index (χ3n) is 2.08. The van der Waals surface area contributed by atoms with E-state index in [4.69, 9.17) is 10.5 Å². The molecule has 0 saturated carbocycles. The number of ether oxygens (including phenoxy) is 1. The van der Waals surface area contributed by atoms with Gasteiger partial charge >= 0.3 is 0 Å². The topological polar surface area (TPSA) is 64.3 Å². The van der Waals surface area contributed by atoms with Crippen molar-refractivity contribution in [3.8, 4) is 0 Å². The van der Waals surface area contributed by atoms with Crippen LogP contribution in [0.4, 0.5) is 5.69 Å². The molecule has 0 spiro atoms. The molecule has 0 aromatic heterocycles. The first-order chi connectivity index (χ1) is 7.56. The highest BCUT2D eigenvalue weighted by molar-refractivity contribution is 9.10. The minimum atomic E-state index is -0.533. The lowest BCUT2D eigenvalue weighted by atomic mass is 10.2. The zero-order chi connectivity index (χ0) is 12.1. The van der Waals surface area contributed by atoms with Gasteiger partial charge in [-0.05, 0) is 19.1 Å². The predicted molar refractivity (Wildman–Crippen MR) is 67.1 cm³/mol. The Bertz CT molecular complexity index is 380. The van der Waals surface area contributed by atoms with Crippen molar-refractivity contribution in [2.24, 2.45) is 5.73 Å². The summed E-state index contributed by atoms with van der Waals surface area (Å²) in [7, 11) is 1.61. The van der Waals surface area contributed by atoms with E-state index in [2.05, 4.69) is 21.2 Å². The van der Waals surface area contributed by atoms with E-state index in [0.29, 0.717) is 6.61 Å². The van der Waals surface area contributed by atoms with Gasteiger partial charge in [-0.15, -0.1) is 0 Å². The maximum absolute atomic E-state index is 11.5. The summed E-state index contributed by atoms with van der Waals surface area (Å²) >= 11 is 3.41. The summed E-state index contributed by atoms with van der Waals surface area (Å²) in [5, 5.41) is 2.76. The lowest BCUT2D eigenvalue weighted by Crippen LogP contribution is -2.32. The summed E-state index contributed by atoms with van der Waals surface area (Å²) in [4.78, 5) is 11.5. The van der Waals surface area contributed by atoms with Crippen LogP contribution in [0.2, 0.25) is 0 Å². The zero-order valence-corrected chi connectivity index (χ0v) is 10.9. The number of nitrogens with two attached hydrogens (primary N) is 1. The Balaban J connectivity index is 2.94. The molecule has 0 aliphatic carbocycles. The van der Waals surface area contributed by atoms with Crippen LogP contribution < -0.4 is 11.1 Å².